The van der Waals surface area contributed by atoms with E-state index in [1.165, 1.54) is 25.7 Å². The smallest absolute Gasteiger partial charge is 0.221 e. The van der Waals surface area contributed by atoms with Crippen molar-refractivity contribution in [2.45, 2.75) is 58.4 Å². The molecule has 0 radical (unpaired) electrons. The van der Waals surface area contributed by atoms with Gasteiger partial charge in [-0.3, -0.25) is 4.79 Å². The zero-order valence-electron chi connectivity index (χ0n) is 10.7. The predicted octanol–water partition coefficient (Wildman–Crippen LogP) is 2.07. The standard InChI is InChI=1S/C13H26N2O/c1-3-9-15-13(16)8-10-14-12-7-5-4-6-11(12)2/h11-12,14H,3-10H2,1-2H3,(H,15,16). The van der Waals surface area contributed by atoms with Gasteiger partial charge in [-0.05, 0) is 25.2 Å². The molecule has 16 heavy (non-hydrogen) atoms. The van der Waals surface area contributed by atoms with Crippen molar-refractivity contribution in [1.29, 1.82) is 0 Å². The first-order valence-electron chi connectivity index (χ1n) is 6.74. The number of amides is 1. The fourth-order valence-electron chi connectivity index (χ4n) is 2.34. The Kier molecular flexibility index (Phi) is 6.46. The molecule has 0 spiro atoms. The summed E-state index contributed by atoms with van der Waals surface area (Å²) >= 11 is 0. The van der Waals surface area contributed by atoms with E-state index >= 15 is 0 Å². The van der Waals surface area contributed by atoms with Crippen LogP contribution in [0, 0.1) is 5.92 Å². The van der Waals surface area contributed by atoms with Crippen LogP contribution < -0.4 is 10.6 Å². The lowest BCUT2D eigenvalue weighted by Gasteiger charge is -2.29. The first-order valence-corrected chi connectivity index (χ1v) is 6.74. The summed E-state index contributed by atoms with van der Waals surface area (Å²) in [6.07, 6.45) is 6.94. The zero-order valence-corrected chi connectivity index (χ0v) is 10.7. The highest BCUT2D eigenvalue weighted by atomic mass is 16.1. The van der Waals surface area contributed by atoms with Gasteiger partial charge in [0.05, 0.1) is 0 Å². The van der Waals surface area contributed by atoms with Crippen molar-refractivity contribution in [3.05, 3.63) is 0 Å². The van der Waals surface area contributed by atoms with Gasteiger partial charge in [0.1, 0.15) is 0 Å². The Bertz CT molecular complexity index is 206. The monoisotopic (exact) mass is 226 g/mol. The molecular weight excluding hydrogens is 200 g/mol. The summed E-state index contributed by atoms with van der Waals surface area (Å²) in [7, 11) is 0. The summed E-state index contributed by atoms with van der Waals surface area (Å²) in [5.74, 6) is 0.949. The fourth-order valence-corrected chi connectivity index (χ4v) is 2.34. The van der Waals surface area contributed by atoms with Gasteiger partial charge in [-0.25, -0.2) is 0 Å². The van der Waals surface area contributed by atoms with Crippen molar-refractivity contribution in [2.24, 2.45) is 5.92 Å². The largest absolute Gasteiger partial charge is 0.356 e. The second-order valence-corrected chi connectivity index (χ2v) is 4.92. The van der Waals surface area contributed by atoms with E-state index in [0.717, 1.165) is 25.4 Å². The molecule has 0 bridgehead atoms. The lowest BCUT2D eigenvalue weighted by molar-refractivity contribution is -0.121. The molecule has 3 heteroatoms. The van der Waals surface area contributed by atoms with E-state index < -0.39 is 0 Å². The maximum Gasteiger partial charge on any atom is 0.221 e. The Morgan fingerprint density at radius 3 is 2.69 bits per heavy atom. The topological polar surface area (TPSA) is 41.1 Å². The third kappa shape index (κ3) is 4.97. The van der Waals surface area contributed by atoms with Gasteiger partial charge in [0.2, 0.25) is 5.91 Å². The molecule has 0 aromatic heterocycles. The van der Waals surface area contributed by atoms with Gasteiger partial charge in [0, 0.05) is 25.6 Å². The van der Waals surface area contributed by atoms with Crippen LogP contribution in [-0.4, -0.2) is 25.0 Å². The number of nitrogens with one attached hydrogen (secondary N) is 2. The van der Waals surface area contributed by atoms with Crippen LogP contribution in [0.25, 0.3) is 0 Å². The van der Waals surface area contributed by atoms with Gasteiger partial charge in [-0.1, -0.05) is 26.7 Å². The molecule has 1 fully saturated rings. The Morgan fingerprint density at radius 2 is 2.00 bits per heavy atom. The predicted molar refractivity (Wildman–Crippen MR) is 67.3 cm³/mol. The van der Waals surface area contributed by atoms with E-state index in [1.807, 2.05) is 0 Å². The minimum atomic E-state index is 0.179. The normalized spacial score (nSPS) is 25.4. The summed E-state index contributed by atoms with van der Waals surface area (Å²) in [4.78, 5) is 11.4. The highest BCUT2D eigenvalue weighted by Crippen LogP contribution is 2.23. The molecule has 94 valence electrons. The molecule has 1 saturated carbocycles. The SMILES string of the molecule is CCCNC(=O)CCNC1CCCCC1C. The molecule has 1 rings (SSSR count). The third-order valence-electron chi connectivity index (χ3n) is 3.44. The number of carbonyl (C=O) groups is 1. The second-order valence-electron chi connectivity index (χ2n) is 4.92. The Balaban J connectivity index is 2.07. The average Bonchev–Trinajstić information content (AvgIpc) is 2.29. The molecule has 3 nitrogen and oxygen atoms in total. The van der Waals surface area contributed by atoms with Gasteiger partial charge in [-0.2, -0.15) is 0 Å². The van der Waals surface area contributed by atoms with Crippen molar-refractivity contribution in [3.63, 3.8) is 0 Å². The average molecular weight is 226 g/mol. The molecule has 0 aromatic carbocycles. The van der Waals surface area contributed by atoms with E-state index in [1.54, 1.807) is 0 Å². The molecule has 1 aliphatic carbocycles. The van der Waals surface area contributed by atoms with Crippen LogP contribution in [0.5, 0.6) is 0 Å². The highest BCUT2D eigenvalue weighted by Gasteiger charge is 2.20. The molecule has 0 saturated heterocycles. The lowest BCUT2D eigenvalue weighted by atomic mass is 9.86. The van der Waals surface area contributed by atoms with Crippen molar-refractivity contribution < 1.29 is 4.79 Å². The Hall–Kier alpha value is -0.570. The molecule has 0 aliphatic heterocycles. The molecule has 0 aromatic rings. The minimum Gasteiger partial charge on any atom is -0.356 e. The van der Waals surface area contributed by atoms with Crippen LogP contribution >= 0.6 is 0 Å². The number of hydrogen-bond acceptors (Lipinski definition) is 2. The van der Waals surface area contributed by atoms with Crippen LogP contribution in [0.2, 0.25) is 0 Å². The quantitative estimate of drug-likeness (QED) is 0.728. The van der Waals surface area contributed by atoms with Gasteiger partial charge in [-0.15, -0.1) is 0 Å². The molecular formula is C13H26N2O. The van der Waals surface area contributed by atoms with Gasteiger partial charge in [0.15, 0.2) is 0 Å². The van der Waals surface area contributed by atoms with Crippen LogP contribution in [-0.2, 0) is 4.79 Å². The summed E-state index contributed by atoms with van der Waals surface area (Å²) in [5, 5.41) is 6.42. The van der Waals surface area contributed by atoms with Crippen LogP contribution in [0.15, 0.2) is 0 Å². The lowest BCUT2D eigenvalue weighted by Crippen LogP contribution is -2.39. The number of hydrogen-bond donors (Lipinski definition) is 2. The molecule has 2 unspecified atom stereocenters. The summed E-state index contributed by atoms with van der Waals surface area (Å²) in [5.41, 5.74) is 0. The minimum absolute atomic E-state index is 0.179. The first kappa shape index (κ1) is 13.5. The van der Waals surface area contributed by atoms with E-state index in [-0.39, 0.29) is 5.91 Å². The maximum absolute atomic E-state index is 11.4. The number of carbonyl (C=O) groups excluding carboxylic acids is 1. The second kappa shape index (κ2) is 7.66. The highest BCUT2D eigenvalue weighted by molar-refractivity contribution is 5.75. The zero-order chi connectivity index (χ0) is 11.8. The van der Waals surface area contributed by atoms with Crippen molar-refractivity contribution in [1.82, 2.24) is 10.6 Å². The van der Waals surface area contributed by atoms with Crippen molar-refractivity contribution in [3.8, 4) is 0 Å². The van der Waals surface area contributed by atoms with E-state index in [9.17, 15) is 4.79 Å². The van der Waals surface area contributed by atoms with Crippen LogP contribution in [0.1, 0.15) is 52.4 Å². The summed E-state index contributed by atoms with van der Waals surface area (Å²) in [6.45, 7) is 6.01. The van der Waals surface area contributed by atoms with Gasteiger partial charge < -0.3 is 10.6 Å². The van der Waals surface area contributed by atoms with Crippen molar-refractivity contribution >= 4 is 5.91 Å². The molecule has 2 atom stereocenters. The van der Waals surface area contributed by atoms with Gasteiger partial charge >= 0.3 is 0 Å². The Morgan fingerprint density at radius 1 is 1.25 bits per heavy atom. The summed E-state index contributed by atoms with van der Waals surface area (Å²) < 4.78 is 0. The molecule has 1 amide bonds. The summed E-state index contributed by atoms with van der Waals surface area (Å²) in [6, 6.07) is 0.632. The van der Waals surface area contributed by atoms with E-state index in [2.05, 4.69) is 24.5 Å². The maximum atomic E-state index is 11.4. The molecule has 1 aliphatic rings. The third-order valence-corrected chi connectivity index (χ3v) is 3.44. The first-order chi connectivity index (χ1) is 7.74. The number of rotatable bonds is 6. The van der Waals surface area contributed by atoms with Crippen LogP contribution in [0.4, 0.5) is 0 Å². The Labute approximate surface area is 99.4 Å². The van der Waals surface area contributed by atoms with E-state index in [0.29, 0.717) is 12.5 Å². The van der Waals surface area contributed by atoms with Crippen LogP contribution in [0.3, 0.4) is 0 Å². The van der Waals surface area contributed by atoms with Gasteiger partial charge in [0.25, 0.3) is 0 Å². The fraction of sp³-hybridized carbons (Fsp3) is 0.923. The molecule has 2 N–H and O–H groups in total. The molecule has 0 heterocycles. The van der Waals surface area contributed by atoms with Crippen molar-refractivity contribution in [2.75, 3.05) is 13.1 Å². The van der Waals surface area contributed by atoms with E-state index in [4.69, 9.17) is 0 Å².